The van der Waals surface area contributed by atoms with Crippen LogP contribution in [0.25, 0.3) is 10.4 Å². The summed E-state index contributed by atoms with van der Waals surface area (Å²) in [5.74, 6) is 0.281. The van der Waals surface area contributed by atoms with Crippen molar-refractivity contribution in [3.05, 3.63) is 35.1 Å². The highest BCUT2D eigenvalue weighted by molar-refractivity contribution is 5.92. The lowest BCUT2D eigenvalue weighted by molar-refractivity contribution is -0.130. The third-order valence-electron chi connectivity index (χ3n) is 3.04. The SMILES string of the molecule is C=C1N=C(N)C=CN1C1OC(CO)(N=[N+]=[N-])C(O)C1F. The molecule has 0 aromatic heterocycles. The van der Waals surface area contributed by atoms with Gasteiger partial charge in [0.05, 0.1) is 6.61 Å². The molecule has 0 saturated carbocycles. The van der Waals surface area contributed by atoms with E-state index in [9.17, 15) is 14.6 Å². The Bertz CT molecular complexity index is 531. The number of nitrogens with two attached hydrogens (primary N) is 1. The zero-order chi connectivity index (χ0) is 14.9. The average Bonchev–Trinajstić information content (AvgIpc) is 2.65. The summed E-state index contributed by atoms with van der Waals surface area (Å²) in [5, 5.41) is 22.2. The molecule has 0 spiro atoms. The van der Waals surface area contributed by atoms with E-state index in [2.05, 4.69) is 21.6 Å². The lowest BCUT2D eigenvalue weighted by atomic mass is 10.1. The highest BCUT2D eigenvalue weighted by atomic mass is 19.1. The summed E-state index contributed by atoms with van der Waals surface area (Å²) < 4.78 is 19.4. The van der Waals surface area contributed by atoms with Crippen LogP contribution >= 0.6 is 0 Å². The van der Waals surface area contributed by atoms with E-state index in [0.717, 1.165) is 0 Å². The minimum absolute atomic E-state index is 0.0968. The Morgan fingerprint density at radius 2 is 2.45 bits per heavy atom. The summed E-state index contributed by atoms with van der Waals surface area (Å²) in [7, 11) is 0. The van der Waals surface area contributed by atoms with E-state index < -0.39 is 30.8 Å². The molecule has 4 N–H and O–H groups in total. The van der Waals surface area contributed by atoms with Crippen molar-refractivity contribution in [2.45, 2.75) is 24.2 Å². The second-order valence-corrected chi connectivity index (χ2v) is 4.27. The Labute approximate surface area is 113 Å². The van der Waals surface area contributed by atoms with E-state index in [-0.39, 0.29) is 11.7 Å². The maximum absolute atomic E-state index is 14.2. The first-order valence-corrected chi connectivity index (χ1v) is 5.62. The van der Waals surface area contributed by atoms with Gasteiger partial charge in [0.25, 0.3) is 0 Å². The average molecular weight is 284 g/mol. The molecule has 0 aromatic carbocycles. The molecule has 0 aliphatic carbocycles. The molecule has 0 bridgehead atoms. The van der Waals surface area contributed by atoms with Crippen LogP contribution in [0.1, 0.15) is 0 Å². The van der Waals surface area contributed by atoms with Crippen LogP contribution in [0.3, 0.4) is 0 Å². The molecule has 0 aromatic rings. The number of amidine groups is 1. The fraction of sp³-hybridized carbons (Fsp3) is 0.500. The zero-order valence-corrected chi connectivity index (χ0v) is 10.3. The largest absolute Gasteiger partial charge is 0.393 e. The molecule has 9 nitrogen and oxygen atoms in total. The van der Waals surface area contributed by atoms with Gasteiger partial charge < -0.3 is 25.6 Å². The van der Waals surface area contributed by atoms with Crippen molar-refractivity contribution in [2.24, 2.45) is 15.8 Å². The normalized spacial score (nSPS) is 36.8. The molecule has 4 atom stereocenters. The fourth-order valence-electron chi connectivity index (χ4n) is 2.00. The molecule has 0 radical (unpaired) electrons. The Balaban J connectivity index is 2.30. The Morgan fingerprint density at radius 3 is 3.00 bits per heavy atom. The van der Waals surface area contributed by atoms with Gasteiger partial charge in [0.15, 0.2) is 12.4 Å². The third kappa shape index (κ3) is 2.10. The Hall–Kier alpha value is -2.13. The smallest absolute Gasteiger partial charge is 0.201 e. The third-order valence-corrected chi connectivity index (χ3v) is 3.04. The van der Waals surface area contributed by atoms with Crippen LogP contribution in [-0.2, 0) is 4.74 Å². The van der Waals surface area contributed by atoms with Crippen LogP contribution in [0.15, 0.2) is 34.8 Å². The molecule has 2 heterocycles. The van der Waals surface area contributed by atoms with Crippen LogP contribution in [0.2, 0.25) is 0 Å². The van der Waals surface area contributed by atoms with Crippen molar-refractivity contribution in [3.8, 4) is 0 Å². The quantitative estimate of drug-likeness (QED) is 0.370. The van der Waals surface area contributed by atoms with Gasteiger partial charge in [0.2, 0.25) is 5.72 Å². The van der Waals surface area contributed by atoms with Gasteiger partial charge in [0, 0.05) is 11.1 Å². The minimum atomic E-state index is -2.08. The molecule has 4 unspecified atom stereocenters. The molecular weight excluding hydrogens is 271 g/mol. The van der Waals surface area contributed by atoms with Crippen molar-refractivity contribution < 1.29 is 19.3 Å². The lowest BCUT2D eigenvalue weighted by Gasteiger charge is -2.30. The number of halogens is 1. The van der Waals surface area contributed by atoms with Crippen LogP contribution in [0, 0.1) is 0 Å². The summed E-state index contributed by atoms with van der Waals surface area (Å²) in [5.41, 5.74) is 11.8. The number of aliphatic hydroxyl groups is 2. The lowest BCUT2D eigenvalue weighted by Crippen LogP contribution is -2.43. The zero-order valence-electron chi connectivity index (χ0n) is 10.3. The first-order valence-electron chi connectivity index (χ1n) is 5.62. The van der Waals surface area contributed by atoms with Gasteiger partial charge in [-0.25, -0.2) is 9.38 Å². The summed E-state index contributed by atoms with van der Waals surface area (Å²) in [6.07, 6.45) is -2.34. The topological polar surface area (TPSA) is 140 Å². The van der Waals surface area contributed by atoms with E-state index >= 15 is 0 Å². The molecule has 2 aliphatic heterocycles. The van der Waals surface area contributed by atoms with E-state index in [0.29, 0.717) is 0 Å². The second-order valence-electron chi connectivity index (χ2n) is 4.27. The number of hydrogen-bond donors (Lipinski definition) is 3. The first kappa shape index (κ1) is 14.3. The van der Waals surface area contributed by atoms with Crippen molar-refractivity contribution >= 4 is 5.84 Å². The molecule has 2 aliphatic rings. The number of ether oxygens (including phenoxy) is 1. The molecule has 10 heteroatoms. The summed E-state index contributed by atoms with van der Waals surface area (Å²) >= 11 is 0. The number of rotatable bonds is 3. The van der Waals surface area contributed by atoms with Gasteiger partial charge >= 0.3 is 0 Å². The standard InChI is InChI=1S/C10H13FN6O3/c1-5-14-6(12)2-3-17(5)9-7(11)8(19)10(4-18,20-9)15-16-13/h2-3,7-9,18-19H,1,4H2,(H2,12,14). The summed E-state index contributed by atoms with van der Waals surface area (Å²) in [4.78, 5) is 7.48. The number of hydrogen-bond acceptors (Lipinski definition) is 7. The Morgan fingerprint density at radius 1 is 1.75 bits per heavy atom. The van der Waals surface area contributed by atoms with Crippen molar-refractivity contribution in [3.63, 3.8) is 0 Å². The van der Waals surface area contributed by atoms with Gasteiger partial charge in [-0.2, -0.15) is 0 Å². The highest BCUT2D eigenvalue weighted by Gasteiger charge is 2.57. The van der Waals surface area contributed by atoms with Crippen molar-refractivity contribution in [1.82, 2.24) is 4.90 Å². The first-order chi connectivity index (χ1) is 9.45. The number of aliphatic imine (C=N–C) groups is 1. The van der Waals surface area contributed by atoms with Crippen molar-refractivity contribution in [2.75, 3.05) is 6.61 Å². The maximum Gasteiger partial charge on any atom is 0.201 e. The van der Waals surface area contributed by atoms with E-state index in [1.807, 2.05) is 0 Å². The molecular formula is C10H13FN6O3. The van der Waals surface area contributed by atoms with E-state index in [1.54, 1.807) is 0 Å². The molecule has 1 fully saturated rings. The minimum Gasteiger partial charge on any atom is -0.393 e. The number of azide groups is 1. The maximum atomic E-state index is 14.2. The van der Waals surface area contributed by atoms with Gasteiger partial charge in [-0.15, -0.1) is 0 Å². The molecule has 0 amide bonds. The molecule has 20 heavy (non-hydrogen) atoms. The van der Waals surface area contributed by atoms with Crippen LogP contribution in [-0.4, -0.2) is 51.8 Å². The van der Waals surface area contributed by atoms with Gasteiger partial charge in [-0.05, 0) is 11.6 Å². The monoisotopic (exact) mass is 284 g/mol. The molecule has 2 rings (SSSR count). The van der Waals surface area contributed by atoms with Crippen LogP contribution < -0.4 is 5.73 Å². The number of alkyl halides is 1. The summed E-state index contributed by atoms with van der Waals surface area (Å²) in [6.45, 7) is 2.71. The van der Waals surface area contributed by atoms with Gasteiger partial charge in [0.1, 0.15) is 17.8 Å². The number of aliphatic hydroxyl groups excluding tert-OH is 2. The van der Waals surface area contributed by atoms with Crippen molar-refractivity contribution in [1.29, 1.82) is 0 Å². The number of nitrogens with zero attached hydrogens (tertiary/aromatic N) is 5. The Kier molecular flexibility index (Phi) is 3.64. The van der Waals surface area contributed by atoms with Gasteiger partial charge in [-0.3, -0.25) is 0 Å². The predicted molar refractivity (Wildman–Crippen MR) is 66.5 cm³/mol. The van der Waals surface area contributed by atoms with Gasteiger partial charge in [-0.1, -0.05) is 11.7 Å². The summed E-state index contributed by atoms with van der Waals surface area (Å²) in [6, 6.07) is 0. The predicted octanol–water partition coefficient (Wildman–Crippen LogP) is -0.302. The second kappa shape index (κ2) is 5.10. The highest BCUT2D eigenvalue weighted by Crippen LogP contribution is 2.37. The van der Waals surface area contributed by atoms with Crippen LogP contribution in [0.5, 0.6) is 0 Å². The fourth-order valence-corrected chi connectivity index (χ4v) is 2.00. The molecule has 108 valence electrons. The molecule has 1 saturated heterocycles. The van der Waals surface area contributed by atoms with Crippen LogP contribution in [0.4, 0.5) is 4.39 Å². The van der Waals surface area contributed by atoms with E-state index in [4.69, 9.17) is 16.0 Å². The van der Waals surface area contributed by atoms with E-state index in [1.165, 1.54) is 17.2 Å².